The summed E-state index contributed by atoms with van der Waals surface area (Å²) in [7, 11) is 0. The molecule has 0 aromatic heterocycles. The maximum atomic E-state index is 11.5. The lowest BCUT2D eigenvalue weighted by Crippen LogP contribution is -2.43. The van der Waals surface area contributed by atoms with Crippen LogP contribution in [0.1, 0.15) is 45.0 Å². The van der Waals surface area contributed by atoms with Crippen LogP contribution in [0, 0.1) is 0 Å². The van der Waals surface area contributed by atoms with Crippen molar-refractivity contribution in [1.82, 2.24) is 5.32 Å². The first-order chi connectivity index (χ1) is 10.3. The largest absolute Gasteiger partial charge is 0.462 e. The fraction of sp³-hybridized carbons (Fsp3) is 0.588. The van der Waals surface area contributed by atoms with Crippen molar-refractivity contribution < 1.29 is 9.53 Å². The summed E-state index contributed by atoms with van der Waals surface area (Å²) < 4.78 is 4.95. The summed E-state index contributed by atoms with van der Waals surface area (Å²) in [6.07, 6.45) is 0. The van der Waals surface area contributed by atoms with Crippen LogP contribution in [-0.4, -0.2) is 38.8 Å². The van der Waals surface area contributed by atoms with Crippen molar-refractivity contribution >= 4 is 11.7 Å². The lowest BCUT2D eigenvalue weighted by Gasteiger charge is -2.29. The molecule has 0 saturated carbocycles. The SMILES string of the molecule is CC.CC.CCOC(=O)c1ccc(N2CCNCC2)cc1. The predicted octanol–water partition coefficient (Wildman–Crippen LogP) is 3.33. The molecule has 2 rings (SSSR count). The summed E-state index contributed by atoms with van der Waals surface area (Å²) in [5.74, 6) is -0.251. The maximum absolute atomic E-state index is 11.5. The Hall–Kier alpha value is -1.55. The molecule has 1 aliphatic rings. The molecule has 4 heteroatoms. The molecule has 1 aromatic carbocycles. The summed E-state index contributed by atoms with van der Waals surface area (Å²) in [4.78, 5) is 13.8. The number of esters is 1. The highest BCUT2D eigenvalue weighted by atomic mass is 16.5. The number of hydrogen-bond donors (Lipinski definition) is 1. The third-order valence-corrected chi connectivity index (χ3v) is 2.86. The molecule has 1 aliphatic heterocycles. The van der Waals surface area contributed by atoms with Gasteiger partial charge in [0.1, 0.15) is 0 Å². The summed E-state index contributed by atoms with van der Waals surface area (Å²) in [5, 5.41) is 3.32. The Labute approximate surface area is 129 Å². The maximum Gasteiger partial charge on any atom is 0.338 e. The van der Waals surface area contributed by atoms with E-state index in [2.05, 4.69) is 10.2 Å². The van der Waals surface area contributed by atoms with E-state index in [1.165, 1.54) is 5.69 Å². The second-order valence-corrected chi connectivity index (χ2v) is 4.00. The molecule has 0 radical (unpaired) electrons. The van der Waals surface area contributed by atoms with E-state index in [0.29, 0.717) is 12.2 Å². The van der Waals surface area contributed by atoms with E-state index in [1.54, 1.807) is 0 Å². The molecule has 21 heavy (non-hydrogen) atoms. The van der Waals surface area contributed by atoms with E-state index in [0.717, 1.165) is 26.2 Å². The second-order valence-electron chi connectivity index (χ2n) is 4.00. The van der Waals surface area contributed by atoms with E-state index in [4.69, 9.17) is 4.74 Å². The minimum absolute atomic E-state index is 0.251. The van der Waals surface area contributed by atoms with E-state index < -0.39 is 0 Å². The number of nitrogens with zero attached hydrogens (tertiary/aromatic N) is 1. The van der Waals surface area contributed by atoms with Gasteiger partial charge < -0.3 is 15.0 Å². The third kappa shape index (κ3) is 6.63. The van der Waals surface area contributed by atoms with Gasteiger partial charge in [-0.3, -0.25) is 0 Å². The zero-order valence-electron chi connectivity index (χ0n) is 14.1. The van der Waals surface area contributed by atoms with Gasteiger partial charge in [0.25, 0.3) is 0 Å². The van der Waals surface area contributed by atoms with Crippen LogP contribution in [0.2, 0.25) is 0 Å². The van der Waals surface area contributed by atoms with Gasteiger partial charge in [-0.1, -0.05) is 27.7 Å². The molecule has 0 aliphatic carbocycles. The van der Waals surface area contributed by atoms with Crippen molar-refractivity contribution in [3.63, 3.8) is 0 Å². The van der Waals surface area contributed by atoms with Crippen LogP contribution in [-0.2, 0) is 4.74 Å². The molecule has 1 aromatic rings. The van der Waals surface area contributed by atoms with E-state index in [-0.39, 0.29) is 5.97 Å². The molecular weight excluding hydrogens is 264 g/mol. The van der Waals surface area contributed by atoms with Gasteiger partial charge in [-0.25, -0.2) is 4.79 Å². The number of carbonyl (C=O) groups excluding carboxylic acids is 1. The van der Waals surface area contributed by atoms with Crippen molar-refractivity contribution in [2.24, 2.45) is 0 Å². The van der Waals surface area contributed by atoms with Crippen molar-refractivity contribution in [1.29, 1.82) is 0 Å². The summed E-state index contributed by atoms with van der Waals surface area (Å²) in [5.41, 5.74) is 1.78. The van der Waals surface area contributed by atoms with Gasteiger partial charge in [0.05, 0.1) is 12.2 Å². The highest BCUT2D eigenvalue weighted by Gasteiger charge is 2.11. The van der Waals surface area contributed by atoms with Crippen molar-refractivity contribution in [2.45, 2.75) is 34.6 Å². The van der Waals surface area contributed by atoms with Gasteiger partial charge in [-0.2, -0.15) is 0 Å². The van der Waals surface area contributed by atoms with Crippen LogP contribution in [0.5, 0.6) is 0 Å². The van der Waals surface area contributed by atoms with Gasteiger partial charge >= 0.3 is 5.97 Å². The Kier molecular flexibility index (Phi) is 11.3. The Morgan fingerprint density at radius 3 is 2.10 bits per heavy atom. The van der Waals surface area contributed by atoms with Crippen LogP contribution in [0.4, 0.5) is 5.69 Å². The first-order valence-electron chi connectivity index (χ1n) is 8.04. The smallest absolute Gasteiger partial charge is 0.338 e. The van der Waals surface area contributed by atoms with Crippen molar-refractivity contribution in [2.75, 3.05) is 37.7 Å². The number of carbonyl (C=O) groups is 1. The van der Waals surface area contributed by atoms with Crippen LogP contribution >= 0.6 is 0 Å². The molecule has 1 fully saturated rings. The van der Waals surface area contributed by atoms with E-state index >= 15 is 0 Å². The lowest BCUT2D eigenvalue weighted by molar-refractivity contribution is 0.0526. The van der Waals surface area contributed by atoms with Crippen LogP contribution < -0.4 is 10.2 Å². The normalized spacial score (nSPS) is 13.3. The Balaban J connectivity index is 0.000000921. The highest BCUT2D eigenvalue weighted by molar-refractivity contribution is 5.89. The van der Waals surface area contributed by atoms with Gasteiger partial charge in [-0.05, 0) is 31.2 Å². The number of benzene rings is 1. The number of anilines is 1. The third-order valence-electron chi connectivity index (χ3n) is 2.86. The van der Waals surface area contributed by atoms with Gasteiger partial charge in [-0.15, -0.1) is 0 Å². The Morgan fingerprint density at radius 2 is 1.62 bits per heavy atom. The fourth-order valence-corrected chi connectivity index (χ4v) is 1.95. The molecule has 120 valence electrons. The second kappa shape index (κ2) is 12.2. The quantitative estimate of drug-likeness (QED) is 0.868. The van der Waals surface area contributed by atoms with Crippen molar-refractivity contribution in [3.05, 3.63) is 29.8 Å². The van der Waals surface area contributed by atoms with Crippen LogP contribution in [0.15, 0.2) is 24.3 Å². The number of ether oxygens (including phenoxy) is 1. The van der Waals surface area contributed by atoms with E-state index in [9.17, 15) is 4.79 Å². The Bertz CT molecular complexity index is 371. The minimum Gasteiger partial charge on any atom is -0.462 e. The molecule has 0 atom stereocenters. The average molecular weight is 294 g/mol. The van der Waals surface area contributed by atoms with E-state index in [1.807, 2.05) is 58.9 Å². The molecule has 1 saturated heterocycles. The minimum atomic E-state index is -0.251. The van der Waals surface area contributed by atoms with Crippen LogP contribution in [0.3, 0.4) is 0 Å². The number of piperazine rings is 1. The van der Waals surface area contributed by atoms with Crippen LogP contribution in [0.25, 0.3) is 0 Å². The summed E-state index contributed by atoms with van der Waals surface area (Å²) >= 11 is 0. The molecule has 1 N–H and O–H groups in total. The summed E-state index contributed by atoms with van der Waals surface area (Å²) in [6, 6.07) is 7.62. The monoisotopic (exact) mass is 294 g/mol. The van der Waals surface area contributed by atoms with Crippen molar-refractivity contribution in [3.8, 4) is 0 Å². The number of rotatable bonds is 3. The first-order valence-corrected chi connectivity index (χ1v) is 8.04. The van der Waals surface area contributed by atoms with Gasteiger partial charge in [0.15, 0.2) is 0 Å². The molecule has 0 bridgehead atoms. The fourth-order valence-electron chi connectivity index (χ4n) is 1.95. The molecule has 0 amide bonds. The molecule has 4 nitrogen and oxygen atoms in total. The zero-order valence-corrected chi connectivity index (χ0v) is 14.1. The Morgan fingerprint density at radius 1 is 1.10 bits per heavy atom. The summed E-state index contributed by atoms with van der Waals surface area (Å²) in [6.45, 7) is 14.3. The van der Waals surface area contributed by atoms with Gasteiger partial charge in [0, 0.05) is 31.9 Å². The molecule has 0 unspecified atom stereocenters. The molecular formula is C17H30N2O2. The standard InChI is InChI=1S/C13H18N2O2.2C2H6/c1-2-17-13(16)11-3-5-12(6-4-11)15-9-7-14-8-10-15;2*1-2/h3-6,14H,2,7-10H2,1H3;2*1-2H3. The molecule has 1 heterocycles. The first kappa shape index (κ1) is 19.4. The topological polar surface area (TPSA) is 41.6 Å². The van der Waals surface area contributed by atoms with Gasteiger partial charge in [0.2, 0.25) is 0 Å². The zero-order chi connectivity index (χ0) is 16.1. The highest BCUT2D eigenvalue weighted by Crippen LogP contribution is 2.16. The molecule has 0 spiro atoms. The number of nitrogens with one attached hydrogen (secondary N) is 1. The number of hydrogen-bond acceptors (Lipinski definition) is 4. The average Bonchev–Trinajstić information content (AvgIpc) is 2.60. The lowest BCUT2D eigenvalue weighted by atomic mass is 10.2. The predicted molar refractivity (Wildman–Crippen MR) is 90.2 cm³/mol.